The van der Waals surface area contributed by atoms with Crippen LogP contribution in [-0.4, -0.2) is 60.5 Å². The summed E-state index contributed by atoms with van der Waals surface area (Å²) in [7, 11) is -3.14. The van der Waals surface area contributed by atoms with E-state index in [0.717, 1.165) is 6.42 Å². The molecule has 0 aliphatic carbocycles. The Bertz CT molecular complexity index is 553. The number of carbonyl (C=O) groups excluding carboxylic acids is 2. The molecule has 9 heteroatoms. The minimum atomic E-state index is -3.14. The van der Waals surface area contributed by atoms with Gasteiger partial charge in [0.1, 0.15) is 11.6 Å². The van der Waals surface area contributed by atoms with Crippen molar-refractivity contribution in [2.24, 2.45) is 0 Å². The molecule has 0 radical (unpaired) electrons. The summed E-state index contributed by atoms with van der Waals surface area (Å²) in [4.78, 5) is 26.7. The van der Waals surface area contributed by atoms with Crippen LogP contribution in [0.4, 0.5) is 4.79 Å². The molecule has 164 valence electrons. The second-order valence-corrected chi connectivity index (χ2v) is 10.1. The molecule has 0 spiro atoms. The van der Waals surface area contributed by atoms with E-state index < -0.39 is 25.3 Å². The molecule has 2 atom stereocenters. The predicted octanol–water partition coefficient (Wildman–Crippen LogP) is 3.94. The highest BCUT2D eigenvalue weighted by molar-refractivity contribution is 7.53. The Morgan fingerprint density at radius 3 is 2.29 bits per heavy atom. The lowest BCUT2D eigenvalue weighted by Gasteiger charge is -2.29. The SMILES string of the molecule is CCOP(=O)(CC[C@H](CC)NC(=O)[C@@H]1CCCN1C(=O)OC(C)(C)C)OCC. The molecule has 1 rings (SSSR count). The molecule has 1 saturated heterocycles. The number of nitrogens with zero attached hydrogens (tertiary/aromatic N) is 1. The third-order valence-electron chi connectivity index (χ3n) is 4.43. The van der Waals surface area contributed by atoms with Gasteiger partial charge in [-0.05, 0) is 60.3 Å². The molecule has 1 fully saturated rings. The number of hydrogen-bond donors (Lipinski definition) is 1. The fourth-order valence-electron chi connectivity index (χ4n) is 3.13. The number of rotatable bonds is 10. The first-order valence-corrected chi connectivity index (χ1v) is 12.0. The second kappa shape index (κ2) is 11.2. The Kier molecular flexibility index (Phi) is 9.95. The zero-order chi connectivity index (χ0) is 21.4. The van der Waals surface area contributed by atoms with E-state index in [9.17, 15) is 14.2 Å². The van der Waals surface area contributed by atoms with Crippen LogP contribution in [0.5, 0.6) is 0 Å². The lowest BCUT2D eigenvalue weighted by atomic mass is 10.1. The number of amides is 2. The van der Waals surface area contributed by atoms with E-state index in [-0.39, 0.29) is 18.1 Å². The maximum Gasteiger partial charge on any atom is 0.410 e. The van der Waals surface area contributed by atoms with E-state index in [1.807, 2.05) is 6.92 Å². The summed E-state index contributed by atoms with van der Waals surface area (Å²) >= 11 is 0. The summed E-state index contributed by atoms with van der Waals surface area (Å²) in [5, 5.41) is 2.99. The molecular weight excluding hydrogens is 383 g/mol. The highest BCUT2D eigenvalue weighted by Gasteiger charge is 2.37. The minimum Gasteiger partial charge on any atom is -0.444 e. The minimum absolute atomic E-state index is 0.164. The van der Waals surface area contributed by atoms with Crippen molar-refractivity contribution in [1.29, 1.82) is 0 Å². The summed E-state index contributed by atoms with van der Waals surface area (Å²) in [6.07, 6.45) is 2.32. The maximum atomic E-state index is 12.8. The summed E-state index contributed by atoms with van der Waals surface area (Å²) in [5.74, 6) is -0.196. The third kappa shape index (κ3) is 8.10. The Morgan fingerprint density at radius 1 is 1.18 bits per heavy atom. The van der Waals surface area contributed by atoms with Gasteiger partial charge in [-0.3, -0.25) is 14.3 Å². The molecule has 0 aromatic rings. The smallest absolute Gasteiger partial charge is 0.410 e. The largest absolute Gasteiger partial charge is 0.444 e. The molecule has 0 saturated carbocycles. The number of hydrogen-bond acceptors (Lipinski definition) is 6. The van der Waals surface area contributed by atoms with Crippen molar-refractivity contribution in [3.8, 4) is 0 Å². The third-order valence-corrected chi connectivity index (χ3v) is 6.53. The molecule has 8 nitrogen and oxygen atoms in total. The molecule has 0 aromatic heterocycles. The monoisotopic (exact) mass is 420 g/mol. The van der Waals surface area contributed by atoms with Crippen LogP contribution >= 0.6 is 7.60 Å². The van der Waals surface area contributed by atoms with Crippen LogP contribution in [0.2, 0.25) is 0 Å². The zero-order valence-corrected chi connectivity index (χ0v) is 19.0. The van der Waals surface area contributed by atoms with Crippen molar-refractivity contribution >= 4 is 19.6 Å². The Labute approximate surface area is 169 Å². The first-order chi connectivity index (χ1) is 13.0. The number of likely N-dealkylation sites (tertiary alicyclic amines) is 1. The molecule has 1 aliphatic heterocycles. The number of ether oxygens (including phenoxy) is 1. The first-order valence-electron chi connectivity index (χ1n) is 10.2. The Hall–Kier alpha value is -1.11. The average molecular weight is 420 g/mol. The summed E-state index contributed by atoms with van der Waals surface area (Å²) < 4.78 is 28.7. The van der Waals surface area contributed by atoms with Gasteiger partial charge in [-0.1, -0.05) is 6.92 Å². The van der Waals surface area contributed by atoms with Gasteiger partial charge in [-0.2, -0.15) is 0 Å². The normalized spacial score (nSPS) is 18.8. The Morgan fingerprint density at radius 2 is 1.79 bits per heavy atom. The van der Waals surface area contributed by atoms with Gasteiger partial charge in [-0.15, -0.1) is 0 Å². The second-order valence-electron chi connectivity index (χ2n) is 7.90. The van der Waals surface area contributed by atoms with E-state index in [1.54, 1.807) is 34.6 Å². The van der Waals surface area contributed by atoms with E-state index in [1.165, 1.54) is 4.90 Å². The van der Waals surface area contributed by atoms with Crippen molar-refractivity contribution in [3.63, 3.8) is 0 Å². The fourth-order valence-corrected chi connectivity index (χ4v) is 4.88. The molecule has 0 unspecified atom stereocenters. The lowest BCUT2D eigenvalue weighted by molar-refractivity contribution is -0.126. The van der Waals surface area contributed by atoms with E-state index >= 15 is 0 Å². The van der Waals surface area contributed by atoms with Crippen LogP contribution < -0.4 is 5.32 Å². The highest BCUT2D eigenvalue weighted by atomic mass is 31.2. The molecule has 2 amide bonds. The van der Waals surface area contributed by atoms with E-state index in [2.05, 4.69) is 5.32 Å². The predicted molar refractivity (Wildman–Crippen MR) is 109 cm³/mol. The standard InChI is InChI=1S/C19H37N2O6P/c1-7-15(12-14-28(24,25-8-2)26-9-3)20-17(22)16-11-10-13-21(16)18(23)27-19(4,5)6/h15-16H,7-14H2,1-6H3,(H,20,22)/t15-,16-/m0/s1. The van der Waals surface area contributed by atoms with E-state index in [0.29, 0.717) is 39.0 Å². The molecule has 1 aliphatic rings. The molecular formula is C19H37N2O6P. The van der Waals surface area contributed by atoms with Crippen molar-refractivity contribution in [2.45, 2.75) is 84.9 Å². The molecule has 0 aromatic carbocycles. The van der Waals surface area contributed by atoms with Crippen LogP contribution in [0.15, 0.2) is 0 Å². The molecule has 28 heavy (non-hydrogen) atoms. The molecule has 0 bridgehead atoms. The summed E-state index contributed by atoms with van der Waals surface area (Å²) in [6.45, 7) is 12.0. The van der Waals surface area contributed by atoms with E-state index in [4.69, 9.17) is 13.8 Å². The van der Waals surface area contributed by atoms with Crippen molar-refractivity contribution in [2.75, 3.05) is 25.9 Å². The van der Waals surface area contributed by atoms with Gasteiger partial charge in [-0.25, -0.2) is 4.79 Å². The number of carbonyl (C=O) groups is 2. The van der Waals surface area contributed by atoms with Crippen molar-refractivity contribution < 1.29 is 27.9 Å². The quantitative estimate of drug-likeness (QED) is 0.538. The number of nitrogens with one attached hydrogen (secondary N) is 1. The average Bonchev–Trinajstić information content (AvgIpc) is 3.07. The maximum absolute atomic E-state index is 12.8. The van der Waals surface area contributed by atoms with Crippen LogP contribution in [0.25, 0.3) is 0 Å². The fraction of sp³-hybridized carbons (Fsp3) is 0.895. The van der Waals surface area contributed by atoms with Crippen LogP contribution in [0.3, 0.4) is 0 Å². The van der Waals surface area contributed by atoms with Gasteiger partial charge in [0, 0.05) is 12.6 Å². The van der Waals surface area contributed by atoms with Crippen LogP contribution in [0, 0.1) is 0 Å². The van der Waals surface area contributed by atoms with Crippen molar-refractivity contribution in [3.05, 3.63) is 0 Å². The molecule has 1 N–H and O–H groups in total. The van der Waals surface area contributed by atoms with Gasteiger partial charge >= 0.3 is 13.7 Å². The van der Waals surface area contributed by atoms with Crippen molar-refractivity contribution in [1.82, 2.24) is 10.2 Å². The zero-order valence-electron chi connectivity index (χ0n) is 18.2. The van der Waals surface area contributed by atoms with Gasteiger partial charge in [0.2, 0.25) is 5.91 Å². The van der Waals surface area contributed by atoms with Gasteiger partial charge in [0.05, 0.1) is 19.4 Å². The van der Waals surface area contributed by atoms with Gasteiger partial charge in [0.25, 0.3) is 0 Å². The van der Waals surface area contributed by atoms with Crippen LogP contribution in [0.1, 0.15) is 67.2 Å². The van der Waals surface area contributed by atoms with Gasteiger partial charge in [0.15, 0.2) is 0 Å². The summed E-state index contributed by atoms with van der Waals surface area (Å²) in [5.41, 5.74) is -0.605. The Balaban J connectivity index is 2.67. The van der Waals surface area contributed by atoms with Crippen LogP contribution in [-0.2, 0) is 23.1 Å². The van der Waals surface area contributed by atoms with Gasteiger partial charge < -0.3 is 19.1 Å². The first kappa shape index (κ1) is 24.9. The topological polar surface area (TPSA) is 94.2 Å². The lowest BCUT2D eigenvalue weighted by Crippen LogP contribution is -2.50. The summed E-state index contributed by atoms with van der Waals surface area (Å²) in [6, 6.07) is -0.697. The molecule has 1 heterocycles. The highest BCUT2D eigenvalue weighted by Crippen LogP contribution is 2.48.